The zero-order valence-corrected chi connectivity index (χ0v) is 11.9. The van der Waals surface area contributed by atoms with Crippen LogP contribution < -0.4 is 0 Å². The van der Waals surface area contributed by atoms with Crippen molar-refractivity contribution in [2.45, 2.75) is 56.4 Å². The van der Waals surface area contributed by atoms with E-state index in [-0.39, 0.29) is 0 Å². The molecule has 3 aliphatic rings. The van der Waals surface area contributed by atoms with Crippen molar-refractivity contribution < 1.29 is 0 Å². The van der Waals surface area contributed by atoms with Gasteiger partial charge in [-0.05, 0) is 44.9 Å². The van der Waals surface area contributed by atoms with E-state index in [9.17, 15) is 0 Å². The molecule has 0 aromatic heterocycles. The maximum absolute atomic E-state index is 2.79. The summed E-state index contributed by atoms with van der Waals surface area (Å²) in [7, 11) is 0. The molecule has 0 spiro atoms. The van der Waals surface area contributed by atoms with Crippen molar-refractivity contribution >= 4 is 11.8 Å². The van der Waals surface area contributed by atoms with Gasteiger partial charge in [-0.1, -0.05) is 6.42 Å². The monoisotopic (exact) mass is 254 g/mol. The first-order valence-electron chi connectivity index (χ1n) is 7.42. The van der Waals surface area contributed by atoms with Crippen LogP contribution in [0.15, 0.2) is 0 Å². The first kappa shape index (κ1) is 12.3. The van der Waals surface area contributed by atoms with Gasteiger partial charge in [0, 0.05) is 37.0 Å². The number of rotatable bonds is 2. The topological polar surface area (TPSA) is 6.48 Å². The van der Waals surface area contributed by atoms with E-state index >= 15 is 0 Å². The van der Waals surface area contributed by atoms with Crippen LogP contribution in [0.25, 0.3) is 0 Å². The summed E-state index contributed by atoms with van der Waals surface area (Å²) >= 11 is 2.23. The Balaban J connectivity index is 1.55. The Morgan fingerprint density at radius 3 is 2.88 bits per heavy atom. The fraction of sp³-hybridized carbons (Fsp3) is 1.00. The van der Waals surface area contributed by atoms with E-state index in [1.807, 2.05) is 0 Å². The second-order valence-corrected chi connectivity index (χ2v) is 7.49. The second kappa shape index (κ2) is 5.50. The van der Waals surface area contributed by atoms with Crippen molar-refractivity contribution in [3.8, 4) is 0 Å². The number of piperazine rings is 1. The summed E-state index contributed by atoms with van der Waals surface area (Å²) in [4.78, 5) is 5.52. The molecule has 3 rings (SSSR count). The molecule has 0 saturated carbocycles. The lowest BCUT2D eigenvalue weighted by atomic mass is 10.1. The minimum atomic E-state index is 0.784. The van der Waals surface area contributed by atoms with Crippen LogP contribution in [0, 0.1) is 0 Å². The molecule has 3 heterocycles. The molecular formula is C14H26N2S. The Hall–Kier alpha value is 0.270. The van der Waals surface area contributed by atoms with Gasteiger partial charge in [0.05, 0.1) is 0 Å². The van der Waals surface area contributed by atoms with Crippen LogP contribution >= 0.6 is 11.8 Å². The summed E-state index contributed by atoms with van der Waals surface area (Å²) in [6.45, 7) is 7.82. The van der Waals surface area contributed by atoms with Crippen LogP contribution in [0.2, 0.25) is 0 Å². The maximum Gasteiger partial charge on any atom is 0.0224 e. The molecule has 17 heavy (non-hydrogen) atoms. The van der Waals surface area contributed by atoms with E-state index in [1.54, 1.807) is 0 Å². The van der Waals surface area contributed by atoms with Gasteiger partial charge in [0.1, 0.15) is 0 Å². The van der Waals surface area contributed by atoms with Crippen LogP contribution in [0.1, 0.15) is 39.0 Å². The molecule has 0 radical (unpaired) electrons. The Bertz CT molecular complexity index is 253. The fourth-order valence-corrected chi connectivity index (χ4v) is 5.05. The third-order valence-corrected chi connectivity index (χ3v) is 6.16. The Morgan fingerprint density at radius 1 is 1.12 bits per heavy atom. The van der Waals surface area contributed by atoms with E-state index in [4.69, 9.17) is 0 Å². The van der Waals surface area contributed by atoms with Crippen LogP contribution in [0.4, 0.5) is 0 Å². The van der Waals surface area contributed by atoms with Gasteiger partial charge in [-0.3, -0.25) is 9.80 Å². The summed E-state index contributed by atoms with van der Waals surface area (Å²) < 4.78 is 0. The molecule has 0 bridgehead atoms. The van der Waals surface area contributed by atoms with Gasteiger partial charge in [-0.25, -0.2) is 0 Å². The summed E-state index contributed by atoms with van der Waals surface area (Å²) in [6, 6.07) is 1.67. The van der Waals surface area contributed by atoms with Gasteiger partial charge in [0.2, 0.25) is 0 Å². The van der Waals surface area contributed by atoms with Gasteiger partial charge in [-0.2, -0.15) is 11.8 Å². The van der Waals surface area contributed by atoms with Crippen LogP contribution in [-0.2, 0) is 0 Å². The van der Waals surface area contributed by atoms with Gasteiger partial charge in [0.25, 0.3) is 0 Å². The zero-order valence-electron chi connectivity index (χ0n) is 11.1. The smallest absolute Gasteiger partial charge is 0.0224 e. The second-order valence-electron chi connectivity index (χ2n) is 6.08. The summed E-state index contributed by atoms with van der Waals surface area (Å²) in [5.74, 6) is 1.41. The van der Waals surface area contributed by atoms with E-state index < -0.39 is 0 Å². The predicted octanol–water partition coefficient (Wildman–Crippen LogP) is 2.44. The van der Waals surface area contributed by atoms with Crippen LogP contribution in [0.3, 0.4) is 0 Å². The highest BCUT2D eigenvalue weighted by Gasteiger charge is 2.35. The van der Waals surface area contributed by atoms with E-state index in [0.29, 0.717) is 0 Å². The van der Waals surface area contributed by atoms with Gasteiger partial charge < -0.3 is 0 Å². The first-order valence-corrected chi connectivity index (χ1v) is 8.47. The predicted molar refractivity (Wildman–Crippen MR) is 75.7 cm³/mol. The Kier molecular flexibility index (Phi) is 3.98. The molecule has 0 aromatic rings. The highest BCUT2D eigenvalue weighted by atomic mass is 32.2. The van der Waals surface area contributed by atoms with Crippen molar-refractivity contribution in [2.24, 2.45) is 0 Å². The molecule has 98 valence electrons. The zero-order chi connectivity index (χ0) is 11.7. The maximum atomic E-state index is 2.79. The van der Waals surface area contributed by atoms with Crippen molar-refractivity contribution in [2.75, 3.05) is 31.9 Å². The lowest BCUT2D eigenvalue weighted by molar-refractivity contribution is 0.0593. The molecule has 3 fully saturated rings. The number of hydrogen-bond donors (Lipinski definition) is 0. The molecular weight excluding hydrogens is 228 g/mol. The van der Waals surface area contributed by atoms with Crippen molar-refractivity contribution in [3.05, 3.63) is 0 Å². The average Bonchev–Trinajstić information content (AvgIpc) is 2.78. The van der Waals surface area contributed by atoms with Gasteiger partial charge >= 0.3 is 0 Å². The molecule has 0 aliphatic carbocycles. The highest BCUT2D eigenvalue weighted by Crippen LogP contribution is 2.29. The molecule has 3 unspecified atom stereocenters. The number of nitrogens with zero attached hydrogens (tertiary/aromatic N) is 2. The highest BCUT2D eigenvalue weighted by molar-refractivity contribution is 7.99. The molecule has 3 atom stereocenters. The molecule has 0 amide bonds. The number of hydrogen-bond acceptors (Lipinski definition) is 3. The first-order chi connectivity index (χ1) is 8.33. The lowest BCUT2D eigenvalue weighted by Crippen LogP contribution is -2.56. The van der Waals surface area contributed by atoms with Crippen LogP contribution in [-0.4, -0.2) is 59.1 Å². The molecule has 3 heteroatoms. The summed E-state index contributed by atoms with van der Waals surface area (Å²) in [6.07, 6.45) is 7.26. The minimum absolute atomic E-state index is 0.784. The SMILES string of the molecule is CC1CN2CCCC2CN1CC1CCCCS1. The molecule has 0 N–H and O–H groups in total. The standard InChI is InChI=1S/C14H26N2S/c1-12-9-15-7-4-5-13(15)10-16(12)11-14-6-2-3-8-17-14/h12-14H,2-11H2,1H3. The molecule has 2 nitrogen and oxygen atoms in total. The van der Waals surface area contributed by atoms with Crippen molar-refractivity contribution in [3.63, 3.8) is 0 Å². The summed E-state index contributed by atoms with van der Waals surface area (Å²) in [5.41, 5.74) is 0. The third-order valence-electron chi connectivity index (χ3n) is 4.78. The molecule has 3 aliphatic heterocycles. The normalized spacial score (nSPS) is 40.4. The minimum Gasteiger partial charge on any atom is -0.298 e. The Morgan fingerprint density at radius 2 is 2.06 bits per heavy atom. The van der Waals surface area contributed by atoms with Crippen molar-refractivity contribution in [1.29, 1.82) is 0 Å². The van der Waals surface area contributed by atoms with E-state index in [2.05, 4.69) is 28.5 Å². The number of thioether (sulfide) groups is 1. The summed E-state index contributed by atoms with van der Waals surface area (Å²) in [5, 5.41) is 0.930. The molecule has 3 saturated heterocycles. The fourth-order valence-electron chi connectivity index (χ4n) is 3.72. The van der Waals surface area contributed by atoms with Gasteiger partial charge in [0.15, 0.2) is 0 Å². The van der Waals surface area contributed by atoms with Crippen LogP contribution in [0.5, 0.6) is 0 Å². The Labute approximate surface area is 110 Å². The van der Waals surface area contributed by atoms with E-state index in [1.165, 1.54) is 64.0 Å². The third kappa shape index (κ3) is 2.82. The average molecular weight is 254 g/mol. The van der Waals surface area contributed by atoms with E-state index in [0.717, 1.165) is 17.3 Å². The molecule has 0 aromatic carbocycles. The number of fused-ring (bicyclic) bond motifs is 1. The van der Waals surface area contributed by atoms with Gasteiger partial charge in [-0.15, -0.1) is 0 Å². The van der Waals surface area contributed by atoms with Crippen molar-refractivity contribution in [1.82, 2.24) is 9.80 Å². The quantitative estimate of drug-likeness (QED) is 0.747. The lowest BCUT2D eigenvalue weighted by Gasteiger charge is -2.43. The largest absolute Gasteiger partial charge is 0.298 e.